The van der Waals surface area contributed by atoms with Crippen molar-refractivity contribution in [1.82, 2.24) is 15.5 Å². The maximum atomic E-state index is 11.5. The predicted octanol–water partition coefficient (Wildman–Crippen LogP) is 0.792. The third kappa shape index (κ3) is 4.28. The van der Waals surface area contributed by atoms with Crippen molar-refractivity contribution in [3.8, 4) is 0 Å². The molecule has 0 aromatic carbocycles. The van der Waals surface area contributed by atoms with Gasteiger partial charge in [0.1, 0.15) is 0 Å². The van der Waals surface area contributed by atoms with Crippen molar-refractivity contribution in [3.63, 3.8) is 0 Å². The van der Waals surface area contributed by atoms with E-state index in [-0.39, 0.29) is 30.7 Å². The normalized spacial score (nSPS) is 27.6. The number of nitrogens with zero attached hydrogens (tertiary/aromatic N) is 1. The van der Waals surface area contributed by atoms with Gasteiger partial charge in [-0.2, -0.15) is 0 Å². The van der Waals surface area contributed by atoms with Gasteiger partial charge in [0.2, 0.25) is 5.91 Å². The zero-order valence-corrected chi connectivity index (χ0v) is 11.9. The van der Waals surface area contributed by atoms with Crippen LogP contribution in [0.25, 0.3) is 0 Å². The lowest BCUT2D eigenvalue weighted by Gasteiger charge is -2.32. The van der Waals surface area contributed by atoms with E-state index in [1.165, 1.54) is 25.8 Å². The molecule has 1 amide bonds. The Hall–Kier alpha value is -0.0300. The molecule has 0 saturated carbocycles. The monoisotopic (exact) mass is 283 g/mol. The number of fused-ring (bicyclic) bond motifs is 1. The molecule has 2 aliphatic rings. The third-order valence-corrected chi connectivity index (χ3v) is 3.54. The van der Waals surface area contributed by atoms with E-state index in [1.54, 1.807) is 7.05 Å². The van der Waals surface area contributed by atoms with E-state index in [4.69, 9.17) is 0 Å². The quantitative estimate of drug-likeness (QED) is 0.805. The molecule has 2 atom stereocenters. The highest BCUT2D eigenvalue weighted by Crippen LogP contribution is 2.26. The minimum Gasteiger partial charge on any atom is -0.351 e. The SMILES string of the molecule is CNCC(=O)NC1CCN2CCCCC12.Cl.Cl. The number of carbonyl (C=O) groups excluding carboxylic acids is 1. The molecule has 0 bridgehead atoms. The summed E-state index contributed by atoms with van der Waals surface area (Å²) in [5.74, 6) is 0.134. The molecule has 17 heavy (non-hydrogen) atoms. The maximum Gasteiger partial charge on any atom is 0.234 e. The minimum atomic E-state index is 0. The first-order valence-electron chi connectivity index (χ1n) is 5.99. The number of nitrogens with one attached hydrogen (secondary N) is 2. The molecule has 0 aromatic rings. The molecule has 0 radical (unpaired) electrons. The highest BCUT2D eigenvalue weighted by molar-refractivity contribution is 5.85. The Labute approximate surface area is 116 Å². The molecule has 2 aliphatic heterocycles. The zero-order chi connectivity index (χ0) is 10.7. The van der Waals surface area contributed by atoms with E-state index >= 15 is 0 Å². The van der Waals surface area contributed by atoms with Crippen LogP contribution in [0.1, 0.15) is 25.7 Å². The minimum absolute atomic E-state index is 0. The summed E-state index contributed by atoms with van der Waals surface area (Å²) in [7, 11) is 1.81. The van der Waals surface area contributed by atoms with Crippen molar-refractivity contribution in [1.29, 1.82) is 0 Å². The van der Waals surface area contributed by atoms with Gasteiger partial charge < -0.3 is 10.6 Å². The number of carbonyl (C=O) groups is 1. The lowest BCUT2D eigenvalue weighted by atomic mass is 9.99. The summed E-state index contributed by atoms with van der Waals surface area (Å²) in [4.78, 5) is 14.0. The molecule has 0 aromatic heterocycles. The Kier molecular flexibility index (Phi) is 8.12. The number of rotatable bonds is 3. The van der Waals surface area contributed by atoms with Gasteiger partial charge >= 0.3 is 0 Å². The van der Waals surface area contributed by atoms with E-state index in [9.17, 15) is 4.79 Å². The highest BCUT2D eigenvalue weighted by Gasteiger charge is 2.35. The van der Waals surface area contributed by atoms with Crippen LogP contribution in [0.3, 0.4) is 0 Å². The lowest BCUT2D eigenvalue weighted by molar-refractivity contribution is -0.121. The van der Waals surface area contributed by atoms with E-state index in [2.05, 4.69) is 15.5 Å². The van der Waals surface area contributed by atoms with Gasteiger partial charge in [0.25, 0.3) is 0 Å². The first-order valence-corrected chi connectivity index (χ1v) is 5.99. The van der Waals surface area contributed by atoms with Crippen LogP contribution in [-0.2, 0) is 4.79 Å². The molecule has 4 nitrogen and oxygen atoms in total. The van der Waals surface area contributed by atoms with Gasteiger partial charge in [-0.1, -0.05) is 6.42 Å². The van der Waals surface area contributed by atoms with Gasteiger partial charge in [0, 0.05) is 18.6 Å². The van der Waals surface area contributed by atoms with Gasteiger partial charge in [-0.05, 0) is 32.9 Å². The summed E-state index contributed by atoms with van der Waals surface area (Å²) in [6, 6.07) is 1.01. The molecule has 2 saturated heterocycles. The van der Waals surface area contributed by atoms with Crippen LogP contribution in [0.15, 0.2) is 0 Å². The Bertz CT molecular complexity index is 241. The van der Waals surface area contributed by atoms with Gasteiger partial charge in [-0.3, -0.25) is 9.69 Å². The van der Waals surface area contributed by atoms with Crippen LogP contribution in [0.5, 0.6) is 0 Å². The third-order valence-electron chi connectivity index (χ3n) is 3.54. The topological polar surface area (TPSA) is 44.4 Å². The second-order valence-electron chi connectivity index (χ2n) is 4.59. The van der Waals surface area contributed by atoms with E-state index < -0.39 is 0 Å². The highest BCUT2D eigenvalue weighted by atomic mass is 35.5. The van der Waals surface area contributed by atoms with E-state index in [0.29, 0.717) is 18.6 Å². The fourth-order valence-corrected chi connectivity index (χ4v) is 2.83. The van der Waals surface area contributed by atoms with Crippen LogP contribution in [0.4, 0.5) is 0 Å². The molecular formula is C11H23Cl2N3O. The average Bonchev–Trinajstić information content (AvgIpc) is 2.62. The zero-order valence-electron chi connectivity index (χ0n) is 10.3. The number of piperidine rings is 1. The summed E-state index contributed by atoms with van der Waals surface area (Å²) in [6.07, 6.45) is 5.03. The van der Waals surface area contributed by atoms with E-state index in [1.807, 2.05) is 0 Å². The number of halogens is 2. The molecule has 102 valence electrons. The molecule has 2 fully saturated rings. The first kappa shape index (κ1) is 17.0. The van der Waals surface area contributed by atoms with Crippen molar-refractivity contribution in [2.24, 2.45) is 0 Å². The van der Waals surface area contributed by atoms with Crippen LogP contribution in [0.2, 0.25) is 0 Å². The molecule has 0 spiro atoms. The molecule has 2 unspecified atom stereocenters. The van der Waals surface area contributed by atoms with Crippen molar-refractivity contribution < 1.29 is 4.79 Å². The molecule has 6 heteroatoms. The standard InChI is InChI=1S/C11H21N3O.2ClH/c1-12-8-11(15)13-9-5-7-14-6-3-2-4-10(9)14;;/h9-10,12H,2-8H2,1H3,(H,13,15);2*1H. The van der Waals surface area contributed by atoms with Gasteiger partial charge in [0.05, 0.1) is 6.54 Å². The fraction of sp³-hybridized carbons (Fsp3) is 0.909. The first-order chi connectivity index (χ1) is 7.31. The fourth-order valence-electron chi connectivity index (χ4n) is 2.83. The van der Waals surface area contributed by atoms with Gasteiger partial charge in [0.15, 0.2) is 0 Å². The summed E-state index contributed by atoms with van der Waals surface area (Å²) in [5, 5.41) is 6.02. The van der Waals surface area contributed by atoms with Gasteiger partial charge in [-0.15, -0.1) is 24.8 Å². The smallest absolute Gasteiger partial charge is 0.234 e. The van der Waals surface area contributed by atoms with Crippen LogP contribution in [0, 0.1) is 0 Å². The average molecular weight is 284 g/mol. The number of likely N-dealkylation sites (N-methyl/N-ethyl adjacent to an activating group) is 1. The number of amides is 1. The van der Waals surface area contributed by atoms with Crippen molar-refractivity contribution in [2.75, 3.05) is 26.7 Å². The number of hydrogen-bond donors (Lipinski definition) is 2. The second kappa shape index (κ2) is 8.14. The van der Waals surface area contributed by atoms with Crippen LogP contribution < -0.4 is 10.6 Å². The summed E-state index contributed by atoms with van der Waals surface area (Å²) in [5.41, 5.74) is 0. The lowest BCUT2D eigenvalue weighted by Crippen LogP contribution is -2.48. The Balaban J connectivity index is 0.00000128. The van der Waals surface area contributed by atoms with Crippen molar-refractivity contribution >= 4 is 30.7 Å². The Morgan fingerprint density at radius 1 is 1.24 bits per heavy atom. The second-order valence-corrected chi connectivity index (χ2v) is 4.59. The van der Waals surface area contributed by atoms with Crippen molar-refractivity contribution in [2.45, 2.75) is 37.8 Å². The predicted molar refractivity (Wildman–Crippen MR) is 74.2 cm³/mol. The Morgan fingerprint density at radius 2 is 2.00 bits per heavy atom. The van der Waals surface area contributed by atoms with Crippen LogP contribution >= 0.6 is 24.8 Å². The van der Waals surface area contributed by atoms with Crippen LogP contribution in [-0.4, -0.2) is 49.6 Å². The summed E-state index contributed by atoms with van der Waals surface area (Å²) >= 11 is 0. The van der Waals surface area contributed by atoms with Gasteiger partial charge in [-0.25, -0.2) is 0 Å². The molecule has 2 rings (SSSR count). The maximum absolute atomic E-state index is 11.5. The van der Waals surface area contributed by atoms with E-state index in [0.717, 1.165) is 13.0 Å². The number of hydrogen-bond acceptors (Lipinski definition) is 3. The molecule has 2 N–H and O–H groups in total. The molecule has 2 heterocycles. The van der Waals surface area contributed by atoms with Crippen molar-refractivity contribution in [3.05, 3.63) is 0 Å². The summed E-state index contributed by atoms with van der Waals surface area (Å²) in [6.45, 7) is 2.82. The Morgan fingerprint density at radius 3 is 2.71 bits per heavy atom. The largest absolute Gasteiger partial charge is 0.351 e. The molecular weight excluding hydrogens is 261 g/mol. The summed E-state index contributed by atoms with van der Waals surface area (Å²) < 4.78 is 0. The molecule has 0 aliphatic carbocycles.